The number of aryl methyl sites for hydroxylation is 1. The molecule has 0 spiro atoms. The van der Waals surface area contributed by atoms with Crippen molar-refractivity contribution in [3.05, 3.63) is 5.82 Å². The summed E-state index contributed by atoms with van der Waals surface area (Å²) in [6, 6.07) is 0. The maximum Gasteiger partial charge on any atom is 0.323 e. The standard InChI is InChI=1S/C7H16B2N6Si/c1-6-10-7(12-11-6)15-9(3)13(4)8(2)14(5)16-15/h1-5H3,(H,10,11,12). The van der Waals surface area contributed by atoms with Gasteiger partial charge in [-0.05, 0) is 21.0 Å². The Balaban J connectivity index is 2.22. The minimum absolute atomic E-state index is 0.319. The molecular formula is C7H16B2N6Si. The normalized spacial score (nSPS) is 19.7. The average molecular weight is 234 g/mol. The Hall–Kier alpha value is -0.793. The zero-order valence-electron chi connectivity index (χ0n) is 10.4. The molecule has 0 saturated carbocycles. The van der Waals surface area contributed by atoms with Gasteiger partial charge in [0, 0.05) is 0 Å². The third-order valence-corrected chi connectivity index (χ3v) is 4.66. The molecule has 84 valence electrons. The van der Waals surface area contributed by atoms with Gasteiger partial charge in [-0.25, -0.2) is 0 Å². The summed E-state index contributed by atoms with van der Waals surface area (Å²) >= 11 is 0. The van der Waals surface area contributed by atoms with Crippen LogP contribution in [0.4, 0.5) is 5.95 Å². The molecule has 6 nitrogen and oxygen atoms in total. The quantitative estimate of drug-likeness (QED) is 0.668. The highest BCUT2D eigenvalue weighted by molar-refractivity contribution is 6.86. The van der Waals surface area contributed by atoms with Gasteiger partial charge in [0.05, 0.1) is 0 Å². The first-order valence-corrected chi connectivity index (χ1v) is 6.29. The van der Waals surface area contributed by atoms with E-state index in [1.54, 1.807) is 0 Å². The van der Waals surface area contributed by atoms with Gasteiger partial charge in [-0.3, -0.25) is 5.10 Å². The van der Waals surface area contributed by atoms with Crippen LogP contribution < -0.4 is 4.48 Å². The van der Waals surface area contributed by atoms with Gasteiger partial charge >= 0.3 is 6.98 Å². The second-order valence-electron chi connectivity index (χ2n) is 4.23. The van der Waals surface area contributed by atoms with Crippen LogP contribution in [0.25, 0.3) is 0 Å². The topological polar surface area (TPSA) is 51.3 Å². The highest BCUT2D eigenvalue weighted by Crippen LogP contribution is 2.16. The minimum Gasteiger partial charge on any atom is -0.385 e. The lowest BCUT2D eigenvalue weighted by Gasteiger charge is -2.44. The van der Waals surface area contributed by atoms with Crippen LogP contribution in [0.15, 0.2) is 0 Å². The molecule has 2 radical (unpaired) electrons. The van der Waals surface area contributed by atoms with Crippen molar-refractivity contribution in [3.63, 3.8) is 0 Å². The van der Waals surface area contributed by atoms with Gasteiger partial charge in [-0.1, -0.05) is 13.6 Å². The summed E-state index contributed by atoms with van der Waals surface area (Å²) in [5, 5.41) is 7.12. The Labute approximate surface area is 99.6 Å². The number of H-pyrrole nitrogens is 1. The van der Waals surface area contributed by atoms with Crippen molar-refractivity contribution in [3.8, 4) is 0 Å². The first-order valence-electron chi connectivity index (χ1n) is 5.40. The predicted molar refractivity (Wildman–Crippen MR) is 68.1 cm³/mol. The van der Waals surface area contributed by atoms with E-state index >= 15 is 0 Å². The summed E-state index contributed by atoms with van der Waals surface area (Å²) in [6.45, 7) is 7.08. The number of rotatable bonds is 1. The van der Waals surface area contributed by atoms with Crippen LogP contribution in [0.5, 0.6) is 0 Å². The van der Waals surface area contributed by atoms with E-state index in [9.17, 15) is 0 Å². The van der Waals surface area contributed by atoms with E-state index in [0.29, 0.717) is 23.8 Å². The number of nitrogens with one attached hydrogen (secondary N) is 1. The second kappa shape index (κ2) is 4.23. The van der Waals surface area contributed by atoms with E-state index in [4.69, 9.17) is 0 Å². The summed E-state index contributed by atoms with van der Waals surface area (Å²) in [5.74, 6) is 1.64. The minimum atomic E-state index is 0.319. The summed E-state index contributed by atoms with van der Waals surface area (Å²) in [6.07, 6.45) is 0. The van der Waals surface area contributed by atoms with Gasteiger partial charge in [0.15, 0.2) is 0 Å². The van der Waals surface area contributed by atoms with Crippen LogP contribution >= 0.6 is 0 Å². The molecule has 16 heavy (non-hydrogen) atoms. The molecule has 1 aliphatic heterocycles. The Bertz CT molecular complexity index is 374. The lowest BCUT2D eigenvalue weighted by molar-refractivity contribution is 0.658. The van der Waals surface area contributed by atoms with Gasteiger partial charge in [0.1, 0.15) is 5.82 Å². The summed E-state index contributed by atoms with van der Waals surface area (Å²) < 4.78 is 6.82. The Morgan fingerprint density at radius 1 is 1.25 bits per heavy atom. The zero-order chi connectivity index (χ0) is 11.9. The van der Waals surface area contributed by atoms with Crippen molar-refractivity contribution in [2.75, 3.05) is 18.6 Å². The Kier molecular flexibility index (Phi) is 3.09. The number of hydrogen-bond donors (Lipinski definition) is 1. The molecule has 0 amide bonds. The zero-order valence-corrected chi connectivity index (χ0v) is 11.4. The van der Waals surface area contributed by atoms with Crippen molar-refractivity contribution in [1.82, 2.24) is 24.4 Å². The van der Waals surface area contributed by atoms with Crippen molar-refractivity contribution in [2.24, 2.45) is 0 Å². The van der Waals surface area contributed by atoms with Gasteiger partial charge in [0.25, 0.3) is 16.8 Å². The molecular weight excluding hydrogens is 218 g/mol. The van der Waals surface area contributed by atoms with E-state index in [1.165, 1.54) is 0 Å². The Morgan fingerprint density at radius 2 is 1.94 bits per heavy atom. The molecule has 1 N–H and O–H groups in total. The van der Waals surface area contributed by atoms with E-state index in [2.05, 4.69) is 56.6 Å². The van der Waals surface area contributed by atoms with Gasteiger partial charge in [0.2, 0.25) is 5.95 Å². The summed E-state index contributed by atoms with van der Waals surface area (Å²) in [5.41, 5.74) is 0. The molecule has 1 aromatic heterocycles. The summed E-state index contributed by atoms with van der Waals surface area (Å²) in [7, 11) is 4.83. The predicted octanol–water partition coefficient (Wildman–Crippen LogP) is -0.433. The smallest absolute Gasteiger partial charge is 0.323 e. The first-order chi connectivity index (χ1) is 7.50. The maximum atomic E-state index is 4.39. The molecule has 0 atom stereocenters. The van der Waals surface area contributed by atoms with Gasteiger partial charge in [-0.15, -0.1) is 5.10 Å². The second-order valence-corrected chi connectivity index (χ2v) is 5.62. The van der Waals surface area contributed by atoms with Gasteiger partial charge in [-0.2, -0.15) is 4.98 Å². The third-order valence-electron chi connectivity index (χ3n) is 3.18. The molecule has 1 aromatic rings. The molecule has 2 heterocycles. The largest absolute Gasteiger partial charge is 0.385 e. The lowest BCUT2D eigenvalue weighted by atomic mass is 9.63. The van der Waals surface area contributed by atoms with E-state index in [0.717, 1.165) is 11.8 Å². The van der Waals surface area contributed by atoms with Crippen LogP contribution in [0.2, 0.25) is 13.6 Å². The molecule has 2 rings (SSSR count). The monoisotopic (exact) mass is 234 g/mol. The van der Waals surface area contributed by atoms with Crippen molar-refractivity contribution >= 4 is 29.8 Å². The van der Waals surface area contributed by atoms with Crippen LogP contribution in [-0.4, -0.2) is 62.3 Å². The van der Waals surface area contributed by atoms with E-state index in [1.807, 2.05) is 6.92 Å². The molecule has 0 unspecified atom stereocenters. The summed E-state index contributed by atoms with van der Waals surface area (Å²) in [4.78, 5) is 4.39. The van der Waals surface area contributed by atoms with Crippen LogP contribution in [-0.2, 0) is 0 Å². The third kappa shape index (κ3) is 1.90. The number of anilines is 1. The SMILES string of the molecule is CB1N(C)[Si]N(c2n[nH]c(C)n2)B(C)N1C. The number of aromatic amines is 1. The highest BCUT2D eigenvalue weighted by atomic mass is 28.2. The maximum absolute atomic E-state index is 4.39. The van der Waals surface area contributed by atoms with E-state index in [-0.39, 0.29) is 0 Å². The highest BCUT2D eigenvalue weighted by Gasteiger charge is 2.39. The van der Waals surface area contributed by atoms with Crippen LogP contribution in [0.3, 0.4) is 0 Å². The van der Waals surface area contributed by atoms with Crippen molar-refractivity contribution in [1.29, 1.82) is 0 Å². The van der Waals surface area contributed by atoms with Crippen molar-refractivity contribution < 1.29 is 0 Å². The van der Waals surface area contributed by atoms with E-state index < -0.39 is 0 Å². The van der Waals surface area contributed by atoms with Gasteiger partial charge < -0.3 is 13.7 Å². The first kappa shape index (κ1) is 11.7. The molecule has 9 heteroatoms. The average Bonchev–Trinajstić information content (AvgIpc) is 2.67. The molecule has 1 aliphatic rings. The number of nitrogens with zero attached hydrogens (tertiary/aromatic N) is 5. The van der Waals surface area contributed by atoms with Crippen molar-refractivity contribution in [2.45, 2.75) is 20.6 Å². The fraction of sp³-hybridized carbons (Fsp3) is 0.714. The fourth-order valence-corrected chi connectivity index (χ4v) is 2.98. The molecule has 0 bridgehead atoms. The fourth-order valence-electron chi connectivity index (χ4n) is 1.76. The molecule has 1 fully saturated rings. The number of aromatic nitrogens is 3. The van der Waals surface area contributed by atoms with Crippen LogP contribution in [0.1, 0.15) is 5.82 Å². The molecule has 0 aromatic carbocycles. The van der Waals surface area contributed by atoms with Crippen LogP contribution in [0, 0.1) is 6.92 Å². The Morgan fingerprint density at radius 3 is 2.50 bits per heavy atom. The lowest BCUT2D eigenvalue weighted by Crippen LogP contribution is -2.69. The number of hydrogen-bond acceptors (Lipinski definition) is 5. The molecule has 0 aliphatic carbocycles. The molecule has 1 saturated heterocycles.